The van der Waals surface area contributed by atoms with E-state index in [9.17, 15) is 14.4 Å². The Kier molecular flexibility index (Phi) is 9.40. The lowest BCUT2D eigenvalue weighted by molar-refractivity contribution is -0.146. The molecule has 0 saturated carbocycles. The fourth-order valence-corrected chi connectivity index (χ4v) is 1.95. The maximum atomic E-state index is 12.5. The van der Waals surface area contributed by atoms with Gasteiger partial charge in [-0.1, -0.05) is 34.1 Å². The van der Waals surface area contributed by atoms with Crippen molar-refractivity contribution in [1.29, 1.82) is 0 Å². The Morgan fingerprint density at radius 1 is 1.09 bits per heavy atom. The van der Waals surface area contributed by atoms with Crippen LogP contribution in [0.15, 0.2) is 0 Å². The molecule has 0 heterocycles. The Morgan fingerprint density at radius 2 is 1.68 bits per heavy atom. The molecule has 2 amide bonds. The molecule has 0 aliphatic heterocycles. The molecule has 0 unspecified atom stereocenters. The summed E-state index contributed by atoms with van der Waals surface area (Å²) >= 11 is 0. The third-order valence-corrected chi connectivity index (χ3v) is 3.60. The summed E-state index contributed by atoms with van der Waals surface area (Å²) in [5.41, 5.74) is 5.35. The van der Waals surface area contributed by atoms with Crippen LogP contribution in [-0.2, 0) is 19.1 Å². The van der Waals surface area contributed by atoms with Crippen molar-refractivity contribution in [3.63, 3.8) is 0 Å². The predicted octanol–water partition coefficient (Wildman–Crippen LogP) is 0.180. The summed E-state index contributed by atoms with van der Waals surface area (Å²) in [5, 5.41) is 5.36. The number of rotatable bonds is 9. The topological polar surface area (TPSA) is 111 Å². The highest BCUT2D eigenvalue weighted by Crippen LogP contribution is 2.10. The van der Waals surface area contributed by atoms with Crippen molar-refractivity contribution in [2.45, 2.75) is 52.6 Å². The quantitative estimate of drug-likeness (QED) is 0.526. The molecule has 128 valence electrons. The Hall–Kier alpha value is -1.63. The van der Waals surface area contributed by atoms with Crippen LogP contribution in [0.1, 0.15) is 40.5 Å². The van der Waals surface area contributed by atoms with Gasteiger partial charge in [0.1, 0.15) is 12.1 Å². The minimum atomic E-state index is -0.740. The van der Waals surface area contributed by atoms with Crippen molar-refractivity contribution in [2.24, 2.45) is 17.6 Å². The number of amides is 2. The summed E-state index contributed by atoms with van der Waals surface area (Å²) in [6.45, 7) is 7.65. The number of hydrogen-bond acceptors (Lipinski definition) is 5. The van der Waals surface area contributed by atoms with E-state index in [1.807, 2.05) is 27.7 Å². The van der Waals surface area contributed by atoms with Crippen LogP contribution in [0.5, 0.6) is 0 Å². The van der Waals surface area contributed by atoms with E-state index in [-0.39, 0.29) is 36.6 Å². The van der Waals surface area contributed by atoms with Crippen molar-refractivity contribution in [3.05, 3.63) is 0 Å². The molecule has 0 saturated heterocycles. The van der Waals surface area contributed by atoms with E-state index >= 15 is 0 Å². The first kappa shape index (κ1) is 20.4. The second-order valence-corrected chi connectivity index (χ2v) is 5.72. The first-order chi connectivity index (χ1) is 10.3. The summed E-state index contributed by atoms with van der Waals surface area (Å²) in [6.07, 6.45) is 0.871. The SMILES string of the molecule is CC[C@@H](C)[C@@H](NC(=O)CCN)C(=O)N[C@H](C(=O)OC)C(C)C. The fraction of sp³-hybridized carbons (Fsp3) is 0.800. The van der Waals surface area contributed by atoms with Crippen LogP contribution in [0.4, 0.5) is 0 Å². The average Bonchev–Trinajstić information content (AvgIpc) is 2.48. The van der Waals surface area contributed by atoms with Gasteiger partial charge in [-0.15, -0.1) is 0 Å². The van der Waals surface area contributed by atoms with Crippen molar-refractivity contribution in [3.8, 4) is 0 Å². The van der Waals surface area contributed by atoms with Gasteiger partial charge in [-0.2, -0.15) is 0 Å². The number of carbonyl (C=O) groups is 3. The fourth-order valence-electron chi connectivity index (χ4n) is 1.95. The molecule has 0 aromatic carbocycles. The number of esters is 1. The van der Waals surface area contributed by atoms with Gasteiger partial charge in [0.2, 0.25) is 11.8 Å². The average molecular weight is 315 g/mol. The van der Waals surface area contributed by atoms with Gasteiger partial charge in [-0.25, -0.2) is 4.79 Å². The maximum absolute atomic E-state index is 12.5. The summed E-state index contributed by atoms with van der Waals surface area (Å²) < 4.78 is 4.70. The first-order valence-electron chi connectivity index (χ1n) is 7.66. The highest BCUT2D eigenvalue weighted by molar-refractivity contribution is 5.91. The number of ether oxygens (including phenoxy) is 1. The van der Waals surface area contributed by atoms with Crippen LogP contribution in [-0.4, -0.2) is 43.5 Å². The van der Waals surface area contributed by atoms with E-state index in [0.717, 1.165) is 0 Å². The monoisotopic (exact) mass is 315 g/mol. The zero-order valence-corrected chi connectivity index (χ0v) is 14.1. The lowest BCUT2D eigenvalue weighted by atomic mass is 9.96. The molecule has 0 bridgehead atoms. The first-order valence-corrected chi connectivity index (χ1v) is 7.66. The summed E-state index contributed by atoms with van der Waals surface area (Å²) in [7, 11) is 1.28. The van der Waals surface area contributed by atoms with Crippen LogP contribution in [0, 0.1) is 11.8 Å². The minimum absolute atomic E-state index is 0.0628. The summed E-state index contributed by atoms with van der Waals surface area (Å²) in [5.74, 6) is -1.34. The van der Waals surface area contributed by atoms with Crippen molar-refractivity contribution >= 4 is 17.8 Å². The highest BCUT2D eigenvalue weighted by Gasteiger charge is 2.31. The minimum Gasteiger partial charge on any atom is -0.467 e. The molecule has 0 aromatic rings. The third-order valence-electron chi connectivity index (χ3n) is 3.60. The van der Waals surface area contributed by atoms with Gasteiger partial charge < -0.3 is 21.1 Å². The lowest BCUT2D eigenvalue weighted by Gasteiger charge is -2.27. The molecule has 7 nitrogen and oxygen atoms in total. The maximum Gasteiger partial charge on any atom is 0.328 e. The van der Waals surface area contributed by atoms with E-state index in [1.165, 1.54) is 7.11 Å². The van der Waals surface area contributed by atoms with E-state index in [2.05, 4.69) is 10.6 Å². The second kappa shape index (κ2) is 10.2. The normalized spacial score (nSPS) is 14.9. The van der Waals surface area contributed by atoms with Crippen LogP contribution in [0.25, 0.3) is 0 Å². The molecule has 0 radical (unpaired) electrons. The van der Waals surface area contributed by atoms with Gasteiger partial charge in [0, 0.05) is 13.0 Å². The molecule has 22 heavy (non-hydrogen) atoms. The highest BCUT2D eigenvalue weighted by atomic mass is 16.5. The number of hydrogen-bond donors (Lipinski definition) is 3. The van der Waals surface area contributed by atoms with E-state index in [1.54, 1.807) is 0 Å². The number of nitrogens with two attached hydrogens (primary N) is 1. The Labute approximate surface area is 132 Å². The molecule has 0 aliphatic carbocycles. The third kappa shape index (κ3) is 6.43. The van der Waals surface area contributed by atoms with Gasteiger partial charge in [0.25, 0.3) is 0 Å². The second-order valence-electron chi connectivity index (χ2n) is 5.72. The molecule has 7 heteroatoms. The van der Waals surface area contributed by atoms with Crippen LogP contribution in [0.2, 0.25) is 0 Å². The molecular weight excluding hydrogens is 286 g/mol. The van der Waals surface area contributed by atoms with E-state index in [4.69, 9.17) is 10.5 Å². The summed E-state index contributed by atoms with van der Waals surface area (Å²) in [6, 6.07) is -1.44. The van der Waals surface area contributed by atoms with Crippen molar-refractivity contribution in [2.75, 3.05) is 13.7 Å². The van der Waals surface area contributed by atoms with Gasteiger partial charge in [0.15, 0.2) is 0 Å². The van der Waals surface area contributed by atoms with Gasteiger partial charge in [-0.05, 0) is 11.8 Å². The van der Waals surface area contributed by atoms with Crippen molar-refractivity contribution < 1.29 is 19.1 Å². The number of methoxy groups -OCH3 is 1. The smallest absolute Gasteiger partial charge is 0.328 e. The lowest BCUT2D eigenvalue weighted by Crippen LogP contribution is -2.55. The zero-order chi connectivity index (χ0) is 17.3. The Bertz CT molecular complexity index is 385. The molecule has 0 fully saturated rings. The Balaban J connectivity index is 5.01. The van der Waals surface area contributed by atoms with E-state index < -0.39 is 18.1 Å². The largest absolute Gasteiger partial charge is 0.467 e. The number of nitrogens with one attached hydrogen (secondary N) is 2. The van der Waals surface area contributed by atoms with Crippen molar-refractivity contribution in [1.82, 2.24) is 10.6 Å². The molecule has 4 N–H and O–H groups in total. The summed E-state index contributed by atoms with van der Waals surface area (Å²) in [4.78, 5) is 35.9. The van der Waals surface area contributed by atoms with E-state index in [0.29, 0.717) is 6.42 Å². The molecule has 0 aromatic heterocycles. The predicted molar refractivity (Wildman–Crippen MR) is 83.8 cm³/mol. The molecule has 0 aliphatic rings. The standard InChI is InChI=1S/C15H29N3O4/c1-6-10(4)13(17-11(19)7-8-16)14(20)18-12(9(2)3)15(21)22-5/h9-10,12-13H,6-8,16H2,1-5H3,(H,17,19)(H,18,20)/t10-,12+,13-/m1/s1. The molecule has 0 rings (SSSR count). The van der Waals surface area contributed by atoms with Gasteiger partial charge in [0.05, 0.1) is 7.11 Å². The van der Waals surface area contributed by atoms with Crippen LogP contribution < -0.4 is 16.4 Å². The Morgan fingerprint density at radius 3 is 2.09 bits per heavy atom. The molecule has 0 spiro atoms. The van der Waals surface area contributed by atoms with Gasteiger partial charge >= 0.3 is 5.97 Å². The van der Waals surface area contributed by atoms with Crippen LogP contribution in [0.3, 0.4) is 0 Å². The number of carbonyl (C=O) groups excluding carboxylic acids is 3. The van der Waals surface area contributed by atoms with Gasteiger partial charge in [-0.3, -0.25) is 9.59 Å². The zero-order valence-electron chi connectivity index (χ0n) is 14.1. The molecule has 3 atom stereocenters. The van der Waals surface area contributed by atoms with Crippen LogP contribution >= 0.6 is 0 Å². The molecular formula is C15H29N3O4.